The highest BCUT2D eigenvalue weighted by Gasteiger charge is 2.32. The minimum Gasteiger partial charge on any atom is -0.406 e. The monoisotopic (exact) mass is 309 g/mol. The van der Waals surface area contributed by atoms with E-state index in [0.29, 0.717) is 0 Å². The zero-order valence-corrected chi connectivity index (χ0v) is 10.1. The van der Waals surface area contributed by atoms with Crippen molar-refractivity contribution in [1.29, 1.82) is 0 Å². The highest BCUT2D eigenvalue weighted by atomic mass is 35.5. The lowest BCUT2D eigenvalue weighted by Gasteiger charge is -2.15. The molecule has 0 aliphatic heterocycles. The summed E-state index contributed by atoms with van der Waals surface area (Å²) < 4.78 is 75.2. The van der Waals surface area contributed by atoms with Gasteiger partial charge in [-0.15, -0.1) is 25.6 Å². The molecule has 2 N–H and O–H groups in total. The van der Waals surface area contributed by atoms with Crippen LogP contribution < -0.4 is 10.5 Å². The summed E-state index contributed by atoms with van der Waals surface area (Å²) in [6, 6.07) is 2.65. The molecule has 0 aliphatic rings. The summed E-state index contributed by atoms with van der Waals surface area (Å²) in [7, 11) is 0. The third-order valence-corrected chi connectivity index (χ3v) is 1.99. The van der Waals surface area contributed by atoms with Gasteiger partial charge in [-0.3, -0.25) is 0 Å². The molecule has 1 aromatic carbocycles. The van der Waals surface area contributed by atoms with Crippen molar-refractivity contribution in [3.8, 4) is 5.75 Å². The van der Waals surface area contributed by atoms with Crippen LogP contribution in [0.3, 0.4) is 0 Å². The lowest BCUT2D eigenvalue weighted by Crippen LogP contribution is -2.20. The molecular formula is C10H10ClF6NO. The first-order valence-electron chi connectivity index (χ1n) is 4.75. The second kappa shape index (κ2) is 6.33. The van der Waals surface area contributed by atoms with Gasteiger partial charge in [-0.1, -0.05) is 12.1 Å². The summed E-state index contributed by atoms with van der Waals surface area (Å²) in [5.41, 5.74) is 5.36. The zero-order chi connectivity index (χ0) is 14.0. The standard InChI is InChI=1S/C10H9F6NO.ClH/c11-9(12,13)5-8(17)6-1-3-7(4-2-6)18-10(14,15)16;/h1-4,8H,5,17H2;1H/t8-;/m0./s1. The van der Waals surface area contributed by atoms with Gasteiger partial charge >= 0.3 is 12.5 Å². The van der Waals surface area contributed by atoms with Gasteiger partial charge in [0.05, 0.1) is 6.42 Å². The van der Waals surface area contributed by atoms with Crippen LogP contribution in [0, 0.1) is 0 Å². The van der Waals surface area contributed by atoms with Gasteiger partial charge in [-0.25, -0.2) is 0 Å². The lowest BCUT2D eigenvalue weighted by atomic mass is 10.0. The highest BCUT2D eigenvalue weighted by molar-refractivity contribution is 5.85. The normalized spacial score (nSPS) is 13.6. The van der Waals surface area contributed by atoms with Crippen molar-refractivity contribution in [2.75, 3.05) is 0 Å². The van der Waals surface area contributed by atoms with E-state index in [1.165, 1.54) is 0 Å². The van der Waals surface area contributed by atoms with Gasteiger partial charge in [0.2, 0.25) is 0 Å². The predicted molar refractivity (Wildman–Crippen MR) is 58.0 cm³/mol. The first-order valence-corrected chi connectivity index (χ1v) is 4.75. The Labute approximate surface area is 110 Å². The van der Waals surface area contributed by atoms with E-state index in [-0.39, 0.29) is 18.0 Å². The van der Waals surface area contributed by atoms with Crippen molar-refractivity contribution >= 4 is 12.4 Å². The average molecular weight is 310 g/mol. The molecule has 9 heteroatoms. The summed E-state index contributed by atoms with van der Waals surface area (Å²) in [5.74, 6) is -0.509. The van der Waals surface area contributed by atoms with Crippen LogP contribution in [-0.4, -0.2) is 12.5 Å². The van der Waals surface area contributed by atoms with Crippen LogP contribution in [0.15, 0.2) is 24.3 Å². The molecule has 0 spiro atoms. The van der Waals surface area contributed by atoms with Crippen LogP contribution in [0.1, 0.15) is 18.0 Å². The average Bonchev–Trinajstić information content (AvgIpc) is 2.13. The molecule has 0 heterocycles. The molecule has 0 saturated carbocycles. The van der Waals surface area contributed by atoms with E-state index in [1.54, 1.807) is 0 Å². The van der Waals surface area contributed by atoms with E-state index < -0.39 is 30.8 Å². The van der Waals surface area contributed by atoms with E-state index in [9.17, 15) is 26.3 Å². The minimum absolute atomic E-state index is 0. The Kier molecular flexibility index (Phi) is 5.95. The fourth-order valence-corrected chi connectivity index (χ4v) is 1.28. The van der Waals surface area contributed by atoms with Crippen LogP contribution in [0.5, 0.6) is 5.75 Å². The maximum atomic E-state index is 12.0. The second-order valence-electron chi connectivity index (χ2n) is 3.54. The third-order valence-electron chi connectivity index (χ3n) is 1.99. The van der Waals surface area contributed by atoms with Crippen LogP contribution >= 0.6 is 12.4 Å². The van der Waals surface area contributed by atoms with Gasteiger partial charge in [0.15, 0.2) is 0 Å². The zero-order valence-electron chi connectivity index (χ0n) is 9.26. The van der Waals surface area contributed by atoms with E-state index in [2.05, 4.69) is 4.74 Å². The lowest BCUT2D eigenvalue weighted by molar-refractivity contribution is -0.274. The van der Waals surface area contributed by atoms with E-state index >= 15 is 0 Å². The molecule has 0 bridgehead atoms. The molecule has 1 aromatic rings. The van der Waals surface area contributed by atoms with E-state index in [0.717, 1.165) is 24.3 Å². The summed E-state index contributed by atoms with van der Waals surface area (Å²) in [6.07, 6.45) is -10.5. The highest BCUT2D eigenvalue weighted by Crippen LogP contribution is 2.29. The number of ether oxygens (including phenoxy) is 1. The second-order valence-corrected chi connectivity index (χ2v) is 3.54. The van der Waals surface area contributed by atoms with Crippen molar-refractivity contribution < 1.29 is 31.1 Å². The van der Waals surface area contributed by atoms with Crippen LogP contribution in [0.25, 0.3) is 0 Å². The van der Waals surface area contributed by atoms with Crippen LogP contribution in [0.2, 0.25) is 0 Å². The van der Waals surface area contributed by atoms with Crippen molar-refractivity contribution in [2.24, 2.45) is 5.73 Å². The first kappa shape index (κ1) is 17.8. The van der Waals surface area contributed by atoms with Gasteiger partial charge in [0, 0.05) is 6.04 Å². The summed E-state index contributed by atoms with van der Waals surface area (Å²) in [5, 5.41) is 0. The van der Waals surface area contributed by atoms with Crippen molar-refractivity contribution in [3.05, 3.63) is 29.8 Å². The third kappa shape index (κ3) is 7.12. The number of hydrogen-bond donors (Lipinski definition) is 1. The molecule has 0 unspecified atom stereocenters. The van der Waals surface area contributed by atoms with Gasteiger partial charge in [-0.2, -0.15) is 13.2 Å². The SMILES string of the molecule is Cl.N[C@@H](CC(F)(F)F)c1ccc(OC(F)(F)F)cc1. The molecular weight excluding hydrogens is 300 g/mol. The Morgan fingerprint density at radius 3 is 1.84 bits per heavy atom. The molecule has 0 aliphatic carbocycles. The van der Waals surface area contributed by atoms with E-state index in [4.69, 9.17) is 5.73 Å². The Hall–Kier alpha value is -1.15. The van der Waals surface area contributed by atoms with Crippen LogP contribution in [0.4, 0.5) is 26.3 Å². The fraction of sp³-hybridized carbons (Fsp3) is 0.400. The smallest absolute Gasteiger partial charge is 0.406 e. The molecule has 2 nitrogen and oxygen atoms in total. The number of rotatable bonds is 3. The van der Waals surface area contributed by atoms with Crippen molar-refractivity contribution in [1.82, 2.24) is 0 Å². The Balaban J connectivity index is 0.00000324. The van der Waals surface area contributed by atoms with Gasteiger partial charge in [0.25, 0.3) is 0 Å². The van der Waals surface area contributed by atoms with Crippen molar-refractivity contribution in [2.45, 2.75) is 25.0 Å². The summed E-state index contributed by atoms with van der Waals surface area (Å²) >= 11 is 0. The molecule has 0 fully saturated rings. The molecule has 0 radical (unpaired) electrons. The van der Waals surface area contributed by atoms with Gasteiger partial charge in [0.1, 0.15) is 5.75 Å². The molecule has 19 heavy (non-hydrogen) atoms. The van der Waals surface area contributed by atoms with E-state index in [1.807, 2.05) is 0 Å². The molecule has 1 atom stereocenters. The number of nitrogens with two attached hydrogens (primary N) is 1. The first-order chi connectivity index (χ1) is 8.07. The largest absolute Gasteiger partial charge is 0.573 e. The molecule has 0 amide bonds. The maximum absolute atomic E-state index is 12.0. The van der Waals surface area contributed by atoms with Crippen LogP contribution in [-0.2, 0) is 0 Å². The van der Waals surface area contributed by atoms with Gasteiger partial charge in [-0.05, 0) is 17.7 Å². The molecule has 0 saturated heterocycles. The fourth-order valence-electron chi connectivity index (χ4n) is 1.28. The predicted octanol–water partition coefficient (Wildman–Crippen LogP) is 3.96. The Morgan fingerprint density at radius 1 is 1.00 bits per heavy atom. The number of benzene rings is 1. The Morgan fingerprint density at radius 2 is 1.47 bits per heavy atom. The number of hydrogen-bond acceptors (Lipinski definition) is 2. The van der Waals surface area contributed by atoms with Crippen molar-refractivity contribution in [3.63, 3.8) is 0 Å². The topological polar surface area (TPSA) is 35.2 Å². The van der Waals surface area contributed by atoms with Gasteiger partial charge < -0.3 is 10.5 Å². The number of halogens is 7. The summed E-state index contributed by atoms with van der Waals surface area (Å²) in [4.78, 5) is 0. The maximum Gasteiger partial charge on any atom is 0.573 e. The molecule has 1 rings (SSSR count). The Bertz CT molecular complexity index is 388. The summed E-state index contributed by atoms with van der Waals surface area (Å²) in [6.45, 7) is 0. The quantitative estimate of drug-likeness (QED) is 0.858. The molecule has 0 aromatic heterocycles. The number of alkyl halides is 6. The molecule has 110 valence electrons. The minimum atomic E-state index is -4.84.